The quantitative estimate of drug-likeness (QED) is 0.223. The van der Waals surface area contributed by atoms with Gasteiger partial charge in [0.05, 0.1) is 11.9 Å². The summed E-state index contributed by atoms with van der Waals surface area (Å²) in [7, 11) is -3.59. The maximum Gasteiger partial charge on any atom is 0.243 e. The summed E-state index contributed by atoms with van der Waals surface area (Å²) in [5.74, 6) is -0.444. The van der Waals surface area contributed by atoms with E-state index in [1.807, 2.05) is 68.4 Å². The highest BCUT2D eigenvalue weighted by molar-refractivity contribution is 9.10. The number of amides is 2. The summed E-state index contributed by atoms with van der Waals surface area (Å²) in [6.45, 7) is 4.28. The van der Waals surface area contributed by atoms with Gasteiger partial charge in [-0.3, -0.25) is 13.9 Å². The number of sulfonamides is 1. The molecule has 3 aromatic carbocycles. The van der Waals surface area contributed by atoms with Gasteiger partial charge in [-0.15, -0.1) is 0 Å². The van der Waals surface area contributed by atoms with E-state index in [0.717, 1.165) is 28.3 Å². The average Bonchev–Trinajstić information content (AvgIpc) is 2.93. The van der Waals surface area contributed by atoms with Crippen molar-refractivity contribution in [3.8, 4) is 0 Å². The van der Waals surface area contributed by atoms with Crippen LogP contribution >= 0.6 is 27.5 Å². The molecule has 41 heavy (non-hydrogen) atoms. The van der Waals surface area contributed by atoms with Crippen LogP contribution < -0.4 is 9.62 Å². The minimum atomic E-state index is -3.59. The molecule has 0 aliphatic rings. The van der Waals surface area contributed by atoms with Gasteiger partial charge in [0.25, 0.3) is 0 Å². The summed E-state index contributed by atoms with van der Waals surface area (Å²) in [6, 6.07) is 23.0. The Bertz CT molecular complexity index is 1400. The van der Waals surface area contributed by atoms with Gasteiger partial charge in [-0.2, -0.15) is 0 Å². The van der Waals surface area contributed by atoms with E-state index in [1.165, 1.54) is 4.31 Å². The average molecular weight is 663 g/mol. The van der Waals surface area contributed by atoms with Gasteiger partial charge in [0, 0.05) is 41.5 Å². The Labute approximate surface area is 257 Å². The summed E-state index contributed by atoms with van der Waals surface area (Å²) < 4.78 is 27.3. The molecule has 0 saturated heterocycles. The molecule has 0 aliphatic heterocycles. The summed E-state index contributed by atoms with van der Waals surface area (Å²) in [4.78, 5) is 29.1. The summed E-state index contributed by atoms with van der Waals surface area (Å²) in [5, 5.41) is 3.56. The first-order valence-corrected chi connectivity index (χ1v) is 16.6. The van der Waals surface area contributed by atoms with E-state index in [9.17, 15) is 18.0 Å². The van der Waals surface area contributed by atoms with Crippen molar-refractivity contribution in [2.75, 3.05) is 17.1 Å². The van der Waals surface area contributed by atoms with E-state index in [2.05, 4.69) is 21.2 Å². The van der Waals surface area contributed by atoms with Crippen LogP contribution in [0.3, 0.4) is 0 Å². The van der Waals surface area contributed by atoms with Crippen LogP contribution in [0.4, 0.5) is 5.69 Å². The third-order valence-corrected chi connectivity index (χ3v) is 8.72. The zero-order chi connectivity index (χ0) is 30.0. The van der Waals surface area contributed by atoms with Crippen LogP contribution in [0.15, 0.2) is 83.3 Å². The maximum absolute atomic E-state index is 13.9. The first-order valence-electron chi connectivity index (χ1n) is 13.6. The third-order valence-electron chi connectivity index (χ3n) is 6.78. The number of rotatable bonds is 14. The Morgan fingerprint density at radius 3 is 2.24 bits per heavy atom. The third kappa shape index (κ3) is 10.2. The van der Waals surface area contributed by atoms with Crippen LogP contribution in [-0.4, -0.2) is 50.0 Å². The molecule has 3 aromatic rings. The molecule has 220 valence electrons. The molecule has 0 spiro atoms. The van der Waals surface area contributed by atoms with Crippen molar-refractivity contribution in [1.82, 2.24) is 10.2 Å². The number of carbonyl (C=O) groups excluding carboxylic acids is 2. The molecule has 0 fully saturated rings. The number of nitrogens with zero attached hydrogens (tertiary/aromatic N) is 2. The van der Waals surface area contributed by atoms with Gasteiger partial charge >= 0.3 is 0 Å². The SMILES string of the molecule is CC[C@@H](C)NC(=O)[C@@H](Cc1ccccc1)N(Cc1cccc(Br)c1)C(=O)CCCN(c1ccc(Cl)cc1)S(C)(=O)=O. The highest BCUT2D eigenvalue weighted by Crippen LogP contribution is 2.23. The predicted octanol–water partition coefficient (Wildman–Crippen LogP) is 6.20. The largest absolute Gasteiger partial charge is 0.352 e. The van der Waals surface area contributed by atoms with E-state index < -0.39 is 16.1 Å². The fourth-order valence-electron chi connectivity index (χ4n) is 4.44. The Morgan fingerprint density at radius 2 is 1.63 bits per heavy atom. The van der Waals surface area contributed by atoms with Gasteiger partial charge in [-0.05, 0) is 67.3 Å². The zero-order valence-corrected chi connectivity index (χ0v) is 26.8. The van der Waals surface area contributed by atoms with Crippen molar-refractivity contribution in [2.45, 2.75) is 58.2 Å². The van der Waals surface area contributed by atoms with Crippen molar-refractivity contribution in [3.63, 3.8) is 0 Å². The van der Waals surface area contributed by atoms with Crippen molar-refractivity contribution < 1.29 is 18.0 Å². The molecule has 10 heteroatoms. The van der Waals surface area contributed by atoms with E-state index in [4.69, 9.17) is 11.6 Å². The van der Waals surface area contributed by atoms with Crippen LogP contribution in [0.2, 0.25) is 5.02 Å². The van der Waals surface area contributed by atoms with E-state index in [-0.39, 0.29) is 43.8 Å². The molecule has 3 rings (SSSR count). The van der Waals surface area contributed by atoms with E-state index in [0.29, 0.717) is 17.1 Å². The maximum atomic E-state index is 13.9. The second kappa shape index (κ2) is 15.4. The predicted molar refractivity (Wildman–Crippen MR) is 169 cm³/mol. The van der Waals surface area contributed by atoms with E-state index in [1.54, 1.807) is 29.2 Å². The number of carbonyl (C=O) groups is 2. The molecular formula is C31H37BrClN3O4S. The molecule has 1 N–H and O–H groups in total. The second-order valence-corrected chi connectivity index (χ2v) is 13.3. The molecule has 0 bridgehead atoms. The number of hydrogen-bond donors (Lipinski definition) is 1. The smallest absolute Gasteiger partial charge is 0.243 e. The van der Waals surface area contributed by atoms with Gasteiger partial charge in [0.1, 0.15) is 6.04 Å². The standard InChI is InChI=1S/C31H37BrClN3O4S/c1-4-23(2)34-31(38)29(21-24-10-6-5-7-11-24)35(22-25-12-8-13-26(32)20-25)30(37)14-9-19-36(41(3,39)40)28-17-15-27(33)16-18-28/h5-8,10-13,15-18,20,23,29H,4,9,14,19,21-22H2,1-3H3,(H,34,38)/t23-,29-/m1/s1. The molecule has 0 aliphatic carbocycles. The number of anilines is 1. The summed E-state index contributed by atoms with van der Waals surface area (Å²) in [5.41, 5.74) is 2.29. The van der Waals surface area contributed by atoms with Crippen molar-refractivity contribution in [2.24, 2.45) is 0 Å². The van der Waals surface area contributed by atoms with Gasteiger partial charge < -0.3 is 10.2 Å². The molecule has 0 aromatic heterocycles. The monoisotopic (exact) mass is 661 g/mol. The van der Waals surface area contributed by atoms with Crippen LogP contribution in [0.25, 0.3) is 0 Å². The lowest BCUT2D eigenvalue weighted by Crippen LogP contribution is -2.52. The highest BCUT2D eigenvalue weighted by Gasteiger charge is 2.31. The summed E-state index contributed by atoms with van der Waals surface area (Å²) in [6.07, 6.45) is 2.58. The Kier molecular flexibility index (Phi) is 12.2. The fourth-order valence-corrected chi connectivity index (χ4v) is 5.98. The van der Waals surface area contributed by atoms with Gasteiger partial charge in [-0.1, -0.05) is 76.9 Å². The van der Waals surface area contributed by atoms with Crippen LogP contribution in [0, 0.1) is 0 Å². The van der Waals surface area contributed by atoms with Crippen LogP contribution in [0.1, 0.15) is 44.2 Å². The first-order chi connectivity index (χ1) is 19.5. The molecule has 0 radical (unpaired) electrons. The number of halogens is 2. The van der Waals surface area contributed by atoms with Crippen LogP contribution in [0.5, 0.6) is 0 Å². The molecule has 2 amide bonds. The number of nitrogens with one attached hydrogen (secondary N) is 1. The van der Waals surface area contributed by atoms with Crippen LogP contribution in [-0.2, 0) is 32.6 Å². The van der Waals surface area contributed by atoms with E-state index >= 15 is 0 Å². The number of benzene rings is 3. The lowest BCUT2D eigenvalue weighted by atomic mass is 10.0. The molecule has 0 heterocycles. The van der Waals surface area contributed by atoms with Gasteiger partial charge in [-0.25, -0.2) is 8.42 Å². The topological polar surface area (TPSA) is 86.8 Å². The molecule has 0 unspecified atom stereocenters. The lowest BCUT2D eigenvalue weighted by molar-refractivity contribution is -0.141. The first kappa shape index (κ1) is 32.6. The molecular weight excluding hydrogens is 626 g/mol. The summed E-state index contributed by atoms with van der Waals surface area (Å²) >= 11 is 9.49. The minimum absolute atomic E-state index is 0.0497. The lowest BCUT2D eigenvalue weighted by Gasteiger charge is -2.32. The highest BCUT2D eigenvalue weighted by atomic mass is 79.9. The normalized spacial score (nSPS) is 12.8. The van der Waals surface area contributed by atoms with Crippen molar-refractivity contribution in [1.29, 1.82) is 0 Å². The Hall–Kier alpha value is -2.88. The zero-order valence-electron chi connectivity index (χ0n) is 23.6. The number of hydrogen-bond acceptors (Lipinski definition) is 4. The van der Waals surface area contributed by atoms with Crippen molar-refractivity contribution in [3.05, 3.63) is 99.5 Å². The van der Waals surface area contributed by atoms with Crippen molar-refractivity contribution >= 4 is 55.1 Å². The van der Waals surface area contributed by atoms with Gasteiger partial charge in [0.2, 0.25) is 21.8 Å². The molecule has 7 nitrogen and oxygen atoms in total. The Morgan fingerprint density at radius 1 is 0.976 bits per heavy atom. The Balaban J connectivity index is 1.89. The minimum Gasteiger partial charge on any atom is -0.352 e. The molecule has 2 atom stereocenters. The fraction of sp³-hybridized carbons (Fsp3) is 0.355. The molecule has 0 saturated carbocycles. The van der Waals surface area contributed by atoms with Gasteiger partial charge in [0.15, 0.2) is 0 Å². The second-order valence-electron chi connectivity index (χ2n) is 10.1.